The van der Waals surface area contributed by atoms with Gasteiger partial charge in [0.1, 0.15) is 0 Å². The topological polar surface area (TPSA) is 26.0 Å². The van der Waals surface area contributed by atoms with Crippen LogP contribution in [0.15, 0.2) is 0 Å². The molecule has 0 amide bonds. The van der Waals surface area contributed by atoms with Gasteiger partial charge < -0.3 is 5.73 Å². The van der Waals surface area contributed by atoms with Gasteiger partial charge in [-0.25, -0.2) is 0 Å². The van der Waals surface area contributed by atoms with Crippen molar-refractivity contribution in [1.29, 1.82) is 0 Å². The summed E-state index contributed by atoms with van der Waals surface area (Å²) >= 11 is 0. The highest BCUT2D eigenvalue weighted by Gasteiger charge is 2.39. The number of hydrogen-bond donors (Lipinski definition) is 1. The number of hydrogen-bond acceptors (Lipinski definition) is 1. The summed E-state index contributed by atoms with van der Waals surface area (Å²) in [5.74, 6) is 2.66. The average Bonchev–Trinajstić information content (AvgIpc) is 2.43. The highest BCUT2D eigenvalue weighted by Crippen LogP contribution is 2.44. The summed E-state index contributed by atoms with van der Waals surface area (Å²) in [6.45, 7) is 6.71. The van der Waals surface area contributed by atoms with E-state index in [0.29, 0.717) is 6.04 Å². The predicted molar refractivity (Wildman–Crippen MR) is 44.7 cm³/mol. The van der Waals surface area contributed by atoms with Gasteiger partial charge in [0.15, 0.2) is 0 Å². The summed E-state index contributed by atoms with van der Waals surface area (Å²) in [6.07, 6.45) is 2.77. The minimum absolute atomic E-state index is 0.434. The molecule has 0 aliphatic heterocycles. The van der Waals surface area contributed by atoms with Gasteiger partial charge in [-0.1, -0.05) is 13.8 Å². The molecule has 1 rings (SSSR count). The SMILES string of the molecule is CC(C)C[C@H]1CC1C(C)N. The smallest absolute Gasteiger partial charge is 0.00415 e. The fourth-order valence-corrected chi connectivity index (χ4v) is 1.79. The molecule has 0 aromatic rings. The Morgan fingerprint density at radius 2 is 2.00 bits per heavy atom. The molecule has 0 bridgehead atoms. The second-order valence-corrected chi connectivity index (χ2v) is 4.15. The van der Waals surface area contributed by atoms with E-state index in [0.717, 1.165) is 17.8 Å². The van der Waals surface area contributed by atoms with Gasteiger partial charge in [-0.2, -0.15) is 0 Å². The lowest BCUT2D eigenvalue weighted by atomic mass is 10.0. The van der Waals surface area contributed by atoms with E-state index in [4.69, 9.17) is 5.73 Å². The van der Waals surface area contributed by atoms with Crippen LogP contribution in [0.2, 0.25) is 0 Å². The van der Waals surface area contributed by atoms with Crippen molar-refractivity contribution in [2.75, 3.05) is 0 Å². The van der Waals surface area contributed by atoms with Gasteiger partial charge in [-0.15, -0.1) is 0 Å². The number of rotatable bonds is 3. The molecular weight excluding hydrogens is 122 g/mol. The maximum absolute atomic E-state index is 5.76. The molecule has 1 aliphatic rings. The van der Waals surface area contributed by atoms with Gasteiger partial charge in [0, 0.05) is 6.04 Å². The molecule has 60 valence electrons. The lowest BCUT2D eigenvalue weighted by molar-refractivity contribution is 0.488. The van der Waals surface area contributed by atoms with Gasteiger partial charge in [-0.05, 0) is 37.5 Å². The fourth-order valence-electron chi connectivity index (χ4n) is 1.79. The van der Waals surface area contributed by atoms with Crippen LogP contribution in [0.1, 0.15) is 33.6 Å². The second kappa shape index (κ2) is 2.91. The van der Waals surface area contributed by atoms with Gasteiger partial charge >= 0.3 is 0 Å². The minimum Gasteiger partial charge on any atom is -0.328 e. The van der Waals surface area contributed by atoms with E-state index in [1.165, 1.54) is 12.8 Å². The summed E-state index contributed by atoms with van der Waals surface area (Å²) < 4.78 is 0. The first-order chi connectivity index (χ1) is 4.61. The van der Waals surface area contributed by atoms with Crippen LogP contribution in [0.3, 0.4) is 0 Å². The Labute approximate surface area is 64.0 Å². The molecule has 0 heterocycles. The Balaban J connectivity index is 2.13. The van der Waals surface area contributed by atoms with Crippen molar-refractivity contribution in [3.05, 3.63) is 0 Å². The third-order valence-electron chi connectivity index (χ3n) is 2.43. The third-order valence-corrected chi connectivity index (χ3v) is 2.43. The number of nitrogens with two attached hydrogens (primary N) is 1. The van der Waals surface area contributed by atoms with Crippen molar-refractivity contribution >= 4 is 0 Å². The molecule has 0 aromatic heterocycles. The van der Waals surface area contributed by atoms with Crippen LogP contribution < -0.4 is 5.73 Å². The normalized spacial score (nSPS) is 34.5. The summed E-state index contributed by atoms with van der Waals surface area (Å²) in [6, 6.07) is 0.434. The first kappa shape index (κ1) is 8.06. The molecule has 1 saturated carbocycles. The van der Waals surface area contributed by atoms with Crippen molar-refractivity contribution in [3.63, 3.8) is 0 Å². The standard InChI is InChI=1S/C9H19N/c1-6(2)4-8-5-9(8)7(3)10/h6-9H,4-5,10H2,1-3H3/t7?,8-,9?/m0/s1. The Kier molecular flexibility index (Phi) is 2.35. The average molecular weight is 141 g/mol. The van der Waals surface area contributed by atoms with E-state index in [1.54, 1.807) is 0 Å². The molecule has 2 unspecified atom stereocenters. The van der Waals surface area contributed by atoms with E-state index in [9.17, 15) is 0 Å². The molecular formula is C9H19N. The highest BCUT2D eigenvalue weighted by molar-refractivity contribution is 4.91. The van der Waals surface area contributed by atoms with Crippen LogP contribution in [-0.2, 0) is 0 Å². The molecule has 10 heavy (non-hydrogen) atoms. The van der Waals surface area contributed by atoms with Gasteiger partial charge in [-0.3, -0.25) is 0 Å². The Morgan fingerprint density at radius 3 is 2.30 bits per heavy atom. The Morgan fingerprint density at radius 1 is 1.40 bits per heavy atom. The minimum atomic E-state index is 0.434. The summed E-state index contributed by atoms with van der Waals surface area (Å²) in [7, 11) is 0. The summed E-state index contributed by atoms with van der Waals surface area (Å²) in [5.41, 5.74) is 5.76. The second-order valence-electron chi connectivity index (χ2n) is 4.15. The molecule has 1 aliphatic carbocycles. The maximum atomic E-state index is 5.76. The van der Waals surface area contributed by atoms with E-state index in [1.807, 2.05) is 0 Å². The fraction of sp³-hybridized carbons (Fsp3) is 1.00. The predicted octanol–water partition coefficient (Wildman–Crippen LogP) is 2.02. The van der Waals surface area contributed by atoms with E-state index >= 15 is 0 Å². The van der Waals surface area contributed by atoms with E-state index < -0.39 is 0 Å². The van der Waals surface area contributed by atoms with Crippen LogP contribution in [-0.4, -0.2) is 6.04 Å². The lowest BCUT2D eigenvalue weighted by Crippen LogP contribution is -2.18. The Hall–Kier alpha value is -0.0400. The van der Waals surface area contributed by atoms with Crippen LogP contribution in [0.25, 0.3) is 0 Å². The zero-order valence-corrected chi connectivity index (χ0v) is 7.30. The molecule has 2 N–H and O–H groups in total. The van der Waals surface area contributed by atoms with E-state index in [2.05, 4.69) is 20.8 Å². The zero-order valence-electron chi connectivity index (χ0n) is 7.30. The summed E-state index contributed by atoms with van der Waals surface area (Å²) in [4.78, 5) is 0. The first-order valence-electron chi connectivity index (χ1n) is 4.37. The monoisotopic (exact) mass is 141 g/mol. The molecule has 3 atom stereocenters. The third kappa shape index (κ3) is 1.98. The van der Waals surface area contributed by atoms with Gasteiger partial charge in [0.2, 0.25) is 0 Å². The molecule has 0 radical (unpaired) electrons. The van der Waals surface area contributed by atoms with Crippen molar-refractivity contribution < 1.29 is 0 Å². The molecule has 0 spiro atoms. The van der Waals surface area contributed by atoms with Crippen molar-refractivity contribution in [2.24, 2.45) is 23.5 Å². The van der Waals surface area contributed by atoms with Gasteiger partial charge in [0.05, 0.1) is 0 Å². The maximum Gasteiger partial charge on any atom is 0.00415 e. The van der Waals surface area contributed by atoms with Crippen molar-refractivity contribution in [3.8, 4) is 0 Å². The Bertz CT molecular complexity index is 107. The van der Waals surface area contributed by atoms with Crippen LogP contribution in [0.5, 0.6) is 0 Å². The molecule has 0 aromatic carbocycles. The van der Waals surface area contributed by atoms with Crippen LogP contribution in [0, 0.1) is 17.8 Å². The van der Waals surface area contributed by atoms with Crippen LogP contribution >= 0.6 is 0 Å². The molecule has 1 heteroatoms. The highest BCUT2D eigenvalue weighted by atomic mass is 14.7. The molecule has 1 fully saturated rings. The molecule has 1 nitrogen and oxygen atoms in total. The largest absolute Gasteiger partial charge is 0.328 e. The molecule has 0 saturated heterocycles. The van der Waals surface area contributed by atoms with Crippen LogP contribution in [0.4, 0.5) is 0 Å². The zero-order chi connectivity index (χ0) is 7.72. The van der Waals surface area contributed by atoms with Gasteiger partial charge in [0.25, 0.3) is 0 Å². The van der Waals surface area contributed by atoms with E-state index in [-0.39, 0.29) is 0 Å². The lowest BCUT2D eigenvalue weighted by Gasteiger charge is -2.05. The van der Waals surface area contributed by atoms with Crippen molar-refractivity contribution in [1.82, 2.24) is 0 Å². The van der Waals surface area contributed by atoms with Crippen molar-refractivity contribution in [2.45, 2.75) is 39.7 Å². The summed E-state index contributed by atoms with van der Waals surface area (Å²) in [5, 5.41) is 0. The first-order valence-corrected chi connectivity index (χ1v) is 4.37. The quantitative estimate of drug-likeness (QED) is 0.639.